The van der Waals surface area contributed by atoms with Crippen molar-refractivity contribution in [3.05, 3.63) is 70.8 Å². The lowest BCUT2D eigenvalue weighted by molar-refractivity contribution is -0.000338. The zero-order valence-electron chi connectivity index (χ0n) is 16.4. The number of benzene rings is 2. The van der Waals surface area contributed by atoms with Gasteiger partial charge in [-0.3, -0.25) is 14.4 Å². The number of rotatable bonds is 9. The molecule has 0 radical (unpaired) electrons. The maximum atomic E-state index is 12.8. The molecular weight excluding hydrogens is 386 g/mol. The summed E-state index contributed by atoms with van der Waals surface area (Å²) in [5, 5.41) is 32.0. The van der Waals surface area contributed by atoms with Gasteiger partial charge in [0.05, 0.1) is 24.6 Å². The van der Waals surface area contributed by atoms with Crippen molar-refractivity contribution in [2.24, 2.45) is 5.73 Å². The van der Waals surface area contributed by atoms with Crippen molar-refractivity contribution in [2.75, 3.05) is 0 Å². The molecule has 2 aromatic carbocycles. The number of carbonyl (C=O) groups is 3. The Morgan fingerprint density at radius 3 is 2.23 bits per heavy atom. The average molecular weight is 409 g/mol. The number of carbonyl (C=O) groups excluding carboxylic acids is 3. The lowest BCUT2D eigenvalue weighted by Crippen LogP contribution is -2.49. The molecule has 3 unspecified atom stereocenters. The molecule has 8 heteroatoms. The summed E-state index contributed by atoms with van der Waals surface area (Å²) in [6.45, 7) is 1.29. The van der Waals surface area contributed by atoms with Gasteiger partial charge in [-0.25, -0.2) is 0 Å². The number of primary amides is 1. The number of nitrogens with one attached hydrogen (secondary N) is 1. The molecule has 3 atom stereocenters. The first-order valence-electron chi connectivity index (χ1n) is 9.26. The van der Waals surface area contributed by atoms with Gasteiger partial charge in [0.1, 0.15) is 6.10 Å². The number of hydrogen-bond donors (Lipinski definition) is 4. The topological polar surface area (TPSA) is 154 Å². The molecule has 8 nitrogen and oxygen atoms in total. The lowest BCUT2D eigenvalue weighted by Gasteiger charge is -2.27. The highest BCUT2D eigenvalue weighted by Gasteiger charge is 2.28. The number of amides is 2. The molecule has 0 heterocycles. The van der Waals surface area contributed by atoms with E-state index < -0.39 is 30.1 Å². The normalized spacial score (nSPS) is 13.5. The van der Waals surface area contributed by atoms with E-state index in [9.17, 15) is 24.6 Å². The molecule has 0 saturated carbocycles. The highest BCUT2D eigenvalue weighted by atomic mass is 16.3. The summed E-state index contributed by atoms with van der Waals surface area (Å²) < 4.78 is 0. The molecule has 156 valence electrons. The van der Waals surface area contributed by atoms with Gasteiger partial charge in [0.15, 0.2) is 5.78 Å². The fraction of sp³-hybridized carbons (Fsp3) is 0.273. The van der Waals surface area contributed by atoms with Crippen LogP contribution in [0.15, 0.2) is 48.5 Å². The molecule has 2 amide bonds. The predicted octanol–water partition coefficient (Wildman–Crippen LogP) is 0.965. The van der Waals surface area contributed by atoms with Gasteiger partial charge in [0, 0.05) is 16.7 Å². The average Bonchev–Trinajstić information content (AvgIpc) is 2.73. The Balaban J connectivity index is 2.34. The van der Waals surface area contributed by atoms with E-state index in [2.05, 4.69) is 5.32 Å². The second-order valence-corrected chi connectivity index (χ2v) is 6.91. The molecule has 5 N–H and O–H groups in total. The molecule has 0 bridgehead atoms. The van der Waals surface area contributed by atoms with Crippen molar-refractivity contribution >= 4 is 17.6 Å². The van der Waals surface area contributed by atoms with Crippen molar-refractivity contribution in [1.29, 1.82) is 5.26 Å². The van der Waals surface area contributed by atoms with E-state index in [1.807, 2.05) is 6.07 Å². The van der Waals surface area contributed by atoms with Crippen molar-refractivity contribution in [2.45, 2.75) is 38.0 Å². The zero-order valence-corrected chi connectivity index (χ0v) is 16.4. The van der Waals surface area contributed by atoms with Gasteiger partial charge in [-0.2, -0.15) is 5.26 Å². The lowest BCUT2D eigenvalue weighted by atomic mass is 9.95. The minimum absolute atomic E-state index is 0.00229. The van der Waals surface area contributed by atoms with Crippen LogP contribution in [0.3, 0.4) is 0 Å². The zero-order chi connectivity index (χ0) is 22.3. The van der Waals surface area contributed by atoms with Crippen LogP contribution in [-0.4, -0.2) is 46.1 Å². The van der Waals surface area contributed by atoms with Gasteiger partial charge in [-0.15, -0.1) is 0 Å². The van der Waals surface area contributed by atoms with Crippen molar-refractivity contribution in [3.8, 4) is 6.07 Å². The van der Waals surface area contributed by atoms with Crippen LogP contribution in [0.4, 0.5) is 0 Å². The van der Waals surface area contributed by atoms with Crippen LogP contribution in [0.5, 0.6) is 0 Å². The summed E-state index contributed by atoms with van der Waals surface area (Å²) in [7, 11) is 0. The van der Waals surface area contributed by atoms with E-state index >= 15 is 0 Å². The summed E-state index contributed by atoms with van der Waals surface area (Å²) >= 11 is 0. The Labute approximate surface area is 173 Å². The van der Waals surface area contributed by atoms with Crippen LogP contribution in [0, 0.1) is 11.3 Å². The standard InChI is InChI=1S/C22H23N3O5/c1-13(26)15-10-16(21(24)29)12-17(11-15)22(30)25-18(20(28)19(27)7-8-23)9-14-5-3-2-4-6-14/h2-6,10-12,18-20,27-28H,7,9H2,1H3,(H2,24,29)(H,25,30). The Kier molecular flexibility index (Phi) is 7.81. The fourth-order valence-electron chi connectivity index (χ4n) is 2.96. The van der Waals surface area contributed by atoms with Crippen LogP contribution in [0.1, 0.15) is 50.0 Å². The first-order chi connectivity index (χ1) is 14.2. The van der Waals surface area contributed by atoms with E-state index in [-0.39, 0.29) is 35.3 Å². The summed E-state index contributed by atoms with van der Waals surface area (Å²) in [6.07, 6.45) is -2.91. The highest BCUT2D eigenvalue weighted by Crippen LogP contribution is 2.15. The number of aliphatic hydroxyl groups is 2. The first-order valence-corrected chi connectivity index (χ1v) is 9.26. The number of nitriles is 1. The molecule has 0 fully saturated rings. The fourth-order valence-corrected chi connectivity index (χ4v) is 2.96. The minimum Gasteiger partial charge on any atom is -0.389 e. The van der Waals surface area contributed by atoms with Crippen LogP contribution in [-0.2, 0) is 6.42 Å². The maximum absolute atomic E-state index is 12.8. The van der Waals surface area contributed by atoms with Crippen LogP contribution in [0.2, 0.25) is 0 Å². The molecule has 0 spiro atoms. The molecule has 30 heavy (non-hydrogen) atoms. The second-order valence-electron chi connectivity index (χ2n) is 6.91. The largest absolute Gasteiger partial charge is 0.389 e. The van der Waals surface area contributed by atoms with E-state index in [0.29, 0.717) is 0 Å². The SMILES string of the molecule is CC(=O)c1cc(C(N)=O)cc(C(=O)NC(Cc2ccccc2)C(O)C(O)CC#N)c1. The Morgan fingerprint density at radius 2 is 1.67 bits per heavy atom. The summed E-state index contributed by atoms with van der Waals surface area (Å²) in [5.41, 5.74) is 6.23. The number of Topliss-reactive ketones (excluding diaryl/α,β-unsaturated/α-hetero) is 1. The smallest absolute Gasteiger partial charge is 0.251 e. The number of nitrogens with two attached hydrogens (primary N) is 1. The number of hydrogen-bond acceptors (Lipinski definition) is 6. The van der Waals surface area contributed by atoms with E-state index in [4.69, 9.17) is 11.0 Å². The van der Waals surface area contributed by atoms with Gasteiger partial charge in [0.25, 0.3) is 5.91 Å². The van der Waals surface area contributed by atoms with Gasteiger partial charge < -0.3 is 21.3 Å². The van der Waals surface area contributed by atoms with Crippen LogP contribution >= 0.6 is 0 Å². The van der Waals surface area contributed by atoms with Gasteiger partial charge in [-0.05, 0) is 37.1 Å². The van der Waals surface area contributed by atoms with Gasteiger partial charge in [0.2, 0.25) is 5.91 Å². The maximum Gasteiger partial charge on any atom is 0.251 e. The predicted molar refractivity (Wildman–Crippen MR) is 109 cm³/mol. The Bertz CT molecular complexity index is 936. The van der Waals surface area contributed by atoms with Crippen LogP contribution < -0.4 is 11.1 Å². The highest BCUT2D eigenvalue weighted by molar-refractivity contribution is 6.04. The number of aliphatic hydroxyl groups excluding tert-OH is 2. The molecule has 0 aliphatic heterocycles. The molecule has 2 rings (SSSR count). The molecular formula is C22H23N3O5. The molecule has 0 aromatic heterocycles. The van der Waals surface area contributed by atoms with E-state index in [1.165, 1.54) is 25.1 Å². The molecule has 0 aliphatic carbocycles. The summed E-state index contributed by atoms with van der Waals surface area (Å²) in [4.78, 5) is 36.1. The number of ketones is 1. The van der Waals surface area contributed by atoms with E-state index in [1.54, 1.807) is 30.3 Å². The van der Waals surface area contributed by atoms with Crippen molar-refractivity contribution in [3.63, 3.8) is 0 Å². The van der Waals surface area contributed by atoms with Crippen molar-refractivity contribution in [1.82, 2.24) is 5.32 Å². The third-order valence-electron chi connectivity index (χ3n) is 4.61. The van der Waals surface area contributed by atoms with E-state index in [0.717, 1.165) is 5.56 Å². The molecule has 2 aromatic rings. The third kappa shape index (κ3) is 5.98. The minimum atomic E-state index is -1.42. The Hall–Kier alpha value is -3.54. The molecule has 0 saturated heterocycles. The third-order valence-corrected chi connectivity index (χ3v) is 4.61. The van der Waals surface area contributed by atoms with Crippen LogP contribution in [0.25, 0.3) is 0 Å². The molecule has 0 aliphatic rings. The first kappa shape index (κ1) is 22.7. The van der Waals surface area contributed by atoms with Crippen molar-refractivity contribution < 1.29 is 24.6 Å². The summed E-state index contributed by atoms with van der Waals surface area (Å²) in [5.74, 6) is -1.81. The monoisotopic (exact) mass is 409 g/mol. The van der Waals surface area contributed by atoms with Gasteiger partial charge in [-0.1, -0.05) is 30.3 Å². The summed E-state index contributed by atoms with van der Waals surface area (Å²) in [6, 6.07) is 13.7. The number of nitrogens with zero attached hydrogens (tertiary/aromatic N) is 1. The Morgan fingerprint density at radius 1 is 1.07 bits per heavy atom. The quantitative estimate of drug-likeness (QED) is 0.453. The second kappa shape index (κ2) is 10.3. The van der Waals surface area contributed by atoms with Gasteiger partial charge >= 0.3 is 0 Å².